The second kappa shape index (κ2) is 5.09. The molecule has 0 bridgehead atoms. The number of rotatable bonds is 2. The summed E-state index contributed by atoms with van der Waals surface area (Å²) < 4.78 is 0. The molecule has 1 aliphatic heterocycles. The van der Waals surface area contributed by atoms with E-state index in [1.165, 1.54) is 50.0 Å². The summed E-state index contributed by atoms with van der Waals surface area (Å²) in [7, 11) is 0. The van der Waals surface area contributed by atoms with Crippen molar-refractivity contribution in [2.75, 3.05) is 11.5 Å². The van der Waals surface area contributed by atoms with Gasteiger partial charge >= 0.3 is 0 Å². The largest absolute Gasteiger partial charge is 0.311 e. The lowest BCUT2D eigenvalue weighted by Crippen LogP contribution is -2.44. The van der Waals surface area contributed by atoms with Gasteiger partial charge in [0.25, 0.3) is 0 Å². The molecule has 0 radical (unpaired) electrons. The molecule has 15 heavy (non-hydrogen) atoms. The molecule has 2 fully saturated rings. The molecule has 2 heteroatoms. The molecule has 1 saturated heterocycles. The molecule has 0 aromatic carbocycles. The lowest BCUT2D eigenvalue weighted by molar-refractivity contribution is 0.187. The summed E-state index contributed by atoms with van der Waals surface area (Å²) in [5.74, 6) is 2.74. The molecule has 1 nitrogen and oxygen atoms in total. The van der Waals surface area contributed by atoms with Gasteiger partial charge in [0.05, 0.1) is 0 Å². The van der Waals surface area contributed by atoms with Gasteiger partial charge in [-0.15, -0.1) is 0 Å². The molecule has 2 rings (SSSR count). The maximum atomic E-state index is 3.90. The Balaban J connectivity index is 1.78. The highest BCUT2D eigenvalue weighted by Gasteiger charge is 2.29. The van der Waals surface area contributed by atoms with E-state index >= 15 is 0 Å². The maximum Gasteiger partial charge on any atom is 0.00853 e. The van der Waals surface area contributed by atoms with Gasteiger partial charge in [0.1, 0.15) is 0 Å². The van der Waals surface area contributed by atoms with Crippen molar-refractivity contribution in [2.24, 2.45) is 5.41 Å². The molecule has 1 atom stereocenters. The zero-order valence-corrected chi connectivity index (χ0v) is 11.0. The van der Waals surface area contributed by atoms with E-state index < -0.39 is 0 Å². The zero-order chi connectivity index (χ0) is 10.7. The second-order valence-electron chi connectivity index (χ2n) is 6.01. The van der Waals surface area contributed by atoms with Crippen molar-refractivity contribution in [3.05, 3.63) is 0 Å². The fourth-order valence-corrected chi connectivity index (χ4v) is 4.14. The van der Waals surface area contributed by atoms with Crippen molar-refractivity contribution < 1.29 is 0 Å². The Morgan fingerprint density at radius 3 is 2.47 bits per heavy atom. The van der Waals surface area contributed by atoms with Gasteiger partial charge in [-0.2, -0.15) is 11.8 Å². The van der Waals surface area contributed by atoms with Crippen molar-refractivity contribution in [1.82, 2.24) is 5.32 Å². The van der Waals surface area contributed by atoms with Gasteiger partial charge in [-0.1, -0.05) is 20.3 Å². The quantitative estimate of drug-likeness (QED) is 0.775. The molecule has 1 unspecified atom stereocenters. The van der Waals surface area contributed by atoms with Gasteiger partial charge < -0.3 is 5.32 Å². The molecule has 0 spiro atoms. The smallest absolute Gasteiger partial charge is 0.00853 e. The van der Waals surface area contributed by atoms with E-state index in [0.717, 1.165) is 12.1 Å². The van der Waals surface area contributed by atoms with Crippen LogP contribution in [0.3, 0.4) is 0 Å². The van der Waals surface area contributed by atoms with Gasteiger partial charge in [0.2, 0.25) is 0 Å². The van der Waals surface area contributed by atoms with Gasteiger partial charge in [-0.3, -0.25) is 0 Å². The van der Waals surface area contributed by atoms with Crippen molar-refractivity contribution in [1.29, 1.82) is 0 Å². The predicted octanol–water partition coefficient (Wildman–Crippen LogP) is 3.44. The van der Waals surface area contributed by atoms with Crippen LogP contribution in [0.15, 0.2) is 0 Å². The minimum absolute atomic E-state index is 0.583. The van der Waals surface area contributed by atoms with E-state index in [0.29, 0.717) is 5.41 Å². The first kappa shape index (κ1) is 11.8. The third-order valence-corrected chi connectivity index (χ3v) is 4.95. The van der Waals surface area contributed by atoms with Gasteiger partial charge in [-0.25, -0.2) is 0 Å². The molecule has 1 heterocycles. The molecular formula is C13H25NS. The van der Waals surface area contributed by atoms with E-state index in [9.17, 15) is 0 Å². The van der Waals surface area contributed by atoms with Crippen LogP contribution in [0.1, 0.15) is 52.4 Å². The van der Waals surface area contributed by atoms with Crippen LogP contribution in [-0.4, -0.2) is 23.6 Å². The van der Waals surface area contributed by atoms with Gasteiger partial charge in [0, 0.05) is 12.1 Å². The summed E-state index contributed by atoms with van der Waals surface area (Å²) >= 11 is 2.12. The van der Waals surface area contributed by atoms with Crippen LogP contribution in [0.5, 0.6) is 0 Å². The van der Waals surface area contributed by atoms with E-state index in [2.05, 4.69) is 30.9 Å². The highest BCUT2D eigenvalue weighted by atomic mass is 32.2. The lowest BCUT2D eigenvalue weighted by atomic mass is 9.75. The number of hydrogen-bond donors (Lipinski definition) is 1. The van der Waals surface area contributed by atoms with Crippen LogP contribution >= 0.6 is 11.8 Å². The van der Waals surface area contributed by atoms with E-state index in [1.54, 1.807) is 0 Å². The number of nitrogens with one attached hydrogen (secondary N) is 1. The summed E-state index contributed by atoms with van der Waals surface area (Å²) in [6, 6.07) is 1.63. The van der Waals surface area contributed by atoms with Crippen molar-refractivity contribution in [2.45, 2.75) is 64.5 Å². The number of thioether (sulfide) groups is 1. The standard InChI is InChI=1S/C13H25NS/c1-13(2)7-3-4-12(10-13)14-11-5-8-15-9-6-11/h11-12,14H,3-10H2,1-2H3. The molecular weight excluding hydrogens is 202 g/mol. The molecule has 1 aliphatic carbocycles. The van der Waals surface area contributed by atoms with E-state index in [-0.39, 0.29) is 0 Å². The normalized spacial score (nSPS) is 32.8. The Bertz CT molecular complexity index is 197. The van der Waals surface area contributed by atoms with Crippen molar-refractivity contribution >= 4 is 11.8 Å². The Labute approximate surface area is 98.8 Å². The van der Waals surface area contributed by atoms with Crippen LogP contribution in [-0.2, 0) is 0 Å². The summed E-state index contributed by atoms with van der Waals surface area (Å²) in [5, 5.41) is 3.90. The minimum Gasteiger partial charge on any atom is -0.311 e. The van der Waals surface area contributed by atoms with Gasteiger partial charge in [-0.05, 0) is 49.0 Å². The topological polar surface area (TPSA) is 12.0 Å². The molecule has 0 aromatic rings. The Morgan fingerprint density at radius 2 is 1.80 bits per heavy atom. The third-order valence-electron chi connectivity index (χ3n) is 3.90. The average molecular weight is 227 g/mol. The predicted molar refractivity (Wildman–Crippen MR) is 69.5 cm³/mol. The van der Waals surface area contributed by atoms with E-state index in [4.69, 9.17) is 0 Å². The lowest BCUT2D eigenvalue weighted by Gasteiger charge is -2.38. The molecule has 0 aromatic heterocycles. The van der Waals surface area contributed by atoms with Gasteiger partial charge in [0.15, 0.2) is 0 Å². The van der Waals surface area contributed by atoms with Crippen LogP contribution in [0.2, 0.25) is 0 Å². The van der Waals surface area contributed by atoms with Crippen LogP contribution in [0.25, 0.3) is 0 Å². The van der Waals surface area contributed by atoms with Crippen molar-refractivity contribution in [3.63, 3.8) is 0 Å². The minimum atomic E-state index is 0.583. The summed E-state index contributed by atoms with van der Waals surface area (Å²) in [4.78, 5) is 0. The molecule has 0 amide bonds. The summed E-state index contributed by atoms with van der Waals surface area (Å²) in [6.07, 6.45) is 8.42. The zero-order valence-electron chi connectivity index (χ0n) is 10.2. The third kappa shape index (κ3) is 3.67. The molecule has 1 saturated carbocycles. The maximum absolute atomic E-state index is 3.90. The monoisotopic (exact) mass is 227 g/mol. The fraction of sp³-hybridized carbons (Fsp3) is 1.00. The Kier molecular flexibility index (Phi) is 4.00. The number of hydrogen-bond acceptors (Lipinski definition) is 2. The first-order chi connectivity index (χ1) is 7.16. The van der Waals surface area contributed by atoms with Crippen LogP contribution in [0, 0.1) is 5.41 Å². The average Bonchev–Trinajstić information content (AvgIpc) is 2.17. The highest BCUT2D eigenvalue weighted by molar-refractivity contribution is 7.99. The summed E-state index contributed by atoms with van der Waals surface area (Å²) in [5.41, 5.74) is 0.583. The molecule has 88 valence electrons. The van der Waals surface area contributed by atoms with Crippen molar-refractivity contribution in [3.8, 4) is 0 Å². The Morgan fingerprint density at radius 1 is 1.07 bits per heavy atom. The molecule has 2 aliphatic rings. The fourth-order valence-electron chi connectivity index (χ4n) is 3.04. The first-order valence-electron chi connectivity index (χ1n) is 6.49. The Hall–Kier alpha value is 0.310. The second-order valence-corrected chi connectivity index (χ2v) is 7.24. The summed E-state index contributed by atoms with van der Waals surface area (Å²) in [6.45, 7) is 4.86. The molecule has 1 N–H and O–H groups in total. The highest BCUT2D eigenvalue weighted by Crippen LogP contribution is 2.35. The van der Waals surface area contributed by atoms with Crippen LogP contribution < -0.4 is 5.32 Å². The van der Waals surface area contributed by atoms with E-state index in [1.807, 2.05) is 0 Å². The SMILES string of the molecule is CC1(C)CCCC(NC2CCSCC2)C1. The van der Waals surface area contributed by atoms with Crippen LogP contribution in [0.4, 0.5) is 0 Å². The first-order valence-corrected chi connectivity index (χ1v) is 7.65.